The Hall–Kier alpha value is -1.91. The van der Waals surface area contributed by atoms with Crippen molar-refractivity contribution in [2.45, 2.75) is 5.38 Å². The van der Waals surface area contributed by atoms with E-state index in [0.29, 0.717) is 17.1 Å². The first-order valence-electron chi connectivity index (χ1n) is 4.46. The third kappa shape index (κ3) is 3.05. The van der Waals surface area contributed by atoms with E-state index in [4.69, 9.17) is 31.6 Å². The van der Waals surface area contributed by atoms with Crippen LogP contribution in [0.4, 0.5) is 0 Å². The summed E-state index contributed by atoms with van der Waals surface area (Å²) in [6, 6.07) is 8.61. The second-order valence-electron chi connectivity index (χ2n) is 2.89. The van der Waals surface area contributed by atoms with Crippen molar-refractivity contribution >= 4 is 11.6 Å². The minimum Gasteiger partial charge on any atom is -0.493 e. The summed E-state index contributed by atoms with van der Waals surface area (Å²) in [7, 11) is 1.48. The maximum Gasteiger partial charge on any atom is 0.162 e. The number of rotatable bonds is 4. The fourth-order valence-corrected chi connectivity index (χ4v) is 1.12. The Morgan fingerprint density at radius 3 is 2.69 bits per heavy atom. The Morgan fingerprint density at radius 2 is 2.12 bits per heavy atom. The highest BCUT2D eigenvalue weighted by molar-refractivity contribution is 6.22. The van der Waals surface area contributed by atoms with Gasteiger partial charge in [-0.2, -0.15) is 10.5 Å². The topological polar surface area (TPSA) is 66.0 Å². The van der Waals surface area contributed by atoms with Crippen molar-refractivity contribution in [3.63, 3.8) is 0 Å². The third-order valence-electron chi connectivity index (χ3n) is 1.82. The van der Waals surface area contributed by atoms with E-state index in [1.807, 2.05) is 12.1 Å². The maximum absolute atomic E-state index is 8.69. The number of nitriles is 2. The molecule has 0 aliphatic heterocycles. The summed E-state index contributed by atoms with van der Waals surface area (Å²) in [5, 5.41) is 16.5. The molecule has 0 radical (unpaired) electrons. The van der Waals surface area contributed by atoms with Gasteiger partial charge in [-0.1, -0.05) is 0 Å². The fraction of sp³-hybridized carbons (Fsp3) is 0.273. The van der Waals surface area contributed by atoms with Crippen LogP contribution in [0.25, 0.3) is 0 Å². The largest absolute Gasteiger partial charge is 0.493 e. The molecule has 0 heterocycles. The summed E-state index contributed by atoms with van der Waals surface area (Å²) >= 11 is 5.59. The van der Waals surface area contributed by atoms with E-state index in [9.17, 15) is 0 Å². The molecule has 0 aliphatic rings. The predicted octanol–water partition coefficient (Wildman–Crippen LogP) is 2.08. The van der Waals surface area contributed by atoms with E-state index in [1.54, 1.807) is 18.2 Å². The quantitative estimate of drug-likeness (QED) is 0.751. The number of alkyl halides is 1. The average molecular weight is 237 g/mol. The molecule has 4 nitrogen and oxygen atoms in total. The molecule has 0 fully saturated rings. The lowest BCUT2D eigenvalue weighted by Gasteiger charge is -2.10. The molecule has 0 aromatic heterocycles. The molecule has 5 heteroatoms. The number of methoxy groups -OCH3 is 1. The molecule has 0 N–H and O–H groups in total. The molecular formula is C11H9ClN2O2. The van der Waals surface area contributed by atoms with Crippen molar-refractivity contribution in [1.82, 2.24) is 0 Å². The molecule has 1 rings (SSSR count). The number of halogens is 1. The van der Waals surface area contributed by atoms with Crippen LogP contribution in [-0.4, -0.2) is 19.1 Å². The Morgan fingerprint density at radius 1 is 1.38 bits per heavy atom. The van der Waals surface area contributed by atoms with Crippen molar-refractivity contribution in [3.05, 3.63) is 23.8 Å². The zero-order valence-corrected chi connectivity index (χ0v) is 9.36. The Balaban J connectivity index is 2.81. The number of hydrogen-bond donors (Lipinski definition) is 0. The van der Waals surface area contributed by atoms with E-state index in [-0.39, 0.29) is 6.61 Å². The predicted molar refractivity (Wildman–Crippen MR) is 58.5 cm³/mol. The lowest BCUT2D eigenvalue weighted by atomic mass is 10.2. The minimum atomic E-state index is -0.708. The molecule has 82 valence electrons. The maximum atomic E-state index is 8.69. The first-order chi connectivity index (χ1) is 7.71. The van der Waals surface area contributed by atoms with Crippen LogP contribution in [0, 0.1) is 22.7 Å². The SMILES string of the molecule is COc1cc(C#N)ccc1OCC(Cl)C#N. The summed E-state index contributed by atoms with van der Waals surface area (Å²) in [5.41, 5.74) is 0.479. The lowest BCUT2D eigenvalue weighted by Crippen LogP contribution is -2.09. The van der Waals surface area contributed by atoms with Crippen molar-refractivity contribution in [1.29, 1.82) is 10.5 Å². The molecule has 1 aromatic rings. The van der Waals surface area contributed by atoms with E-state index >= 15 is 0 Å². The van der Waals surface area contributed by atoms with Crippen molar-refractivity contribution in [3.8, 4) is 23.6 Å². The van der Waals surface area contributed by atoms with Crippen LogP contribution in [0.1, 0.15) is 5.56 Å². The van der Waals surface area contributed by atoms with Crippen molar-refractivity contribution < 1.29 is 9.47 Å². The van der Waals surface area contributed by atoms with Crippen LogP contribution in [-0.2, 0) is 0 Å². The summed E-state index contributed by atoms with van der Waals surface area (Å²) < 4.78 is 10.3. The highest BCUT2D eigenvalue weighted by Crippen LogP contribution is 2.28. The number of nitrogens with zero attached hydrogens (tertiary/aromatic N) is 2. The van der Waals surface area contributed by atoms with Gasteiger partial charge in [-0.25, -0.2) is 0 Å². The Kier molecular flexibility index (Phi) is 4.44. The zero-order valence-electron chi connectivity index (χ0n) is 8.61. The van der Waals surface area contributed by atoms with Crippen molar-refractivity contribution in [2.75, 3.05) is 13.7 Å². The molecule has 1 aromatic carbocycles. The summed E-state index contributed by atoms with van der Waals surface area (Å²) in [4.78, 5) is 0. The van der Waals surface area contributed by atoms with Gasteiger partial charge in [0.15, 0.2) is 16.9 Å². The van der Waals surface area contributed by atoms with Crippen LogP contribution < -0.4 is 9.47 Å². The lowest BCUT2D eigenvalue weighted by molar-refractivity contribution is 0.303. The molecule has 1 atom stereocenters. The van der Waals surface area contributed by atoms with Gasteiger partial charge in [-0.15, -0.1) is 11.6 Å². The standard InChI is InChI=1S/C11H9ClN2O2/c1-15-11-4-8(5-13)2-3-10(11)16-7-9(12)6-14/h2-4,9H,7H2,1H3. The van der Waals surface area contributed by atoms with Crippen LogP contribution in [0.5, 0.6) is 11.5 Å². The second kappa shape index (κ2) is 5.85. The van der Waals surface area contributed by atoms with Gasteiger partial charge in [0.25, 0.3) is 0 Å². The second-order valence-corrected chi connectivity index (χ2v) is 3.41. The Bertz CT molecular complexity index is 448. The smallest absolute Gasteiger partial charge is 0.162 e. The van der Waals surface area contributed by atoms with Gasteiger partial charge in [0.05, 0.1) is 24.8 Å². The van der Waals surface area contributed by atoms with E-state index in [2.05, 4.69) is 0 Å². The molecule has 0 aliphatic carbocycles. The summed E-state index contributed by atoms with van der Waals surface area (Å²) in [6.07, 6.45) is 0. The average Bonchev–Trinajstić information content (AvgIpc) is 2.35. The van der Waals surface area contributed by atoms with Gasteiger partial charge >= 0.3 is 0 Å². The van der Waals surface area contributed by atoms with E-state index in [0.717, 1.165) is 0 Å². The molecule has 0 amide bonds. The number of ether oxygens (including phenoxy) is 2. The van der Waals surface area contributed by atoms with Crippen molar-refractivity contribution in [2.24, 2.45) is 0 Å². The van der Waals surface area contributed by atoms with Gasteiger partial charge in [-0.3, -0.25) is 0 Å². The molecule has 16 heavy (non-hydrogen) atoms. The first kappa shape index (κ1) is 12.2. The van der Waals surface area contributed by atoms with Gasteiger partial charge in [-0.05, 0) is 12.1 Å². The minimum absolute atomic E-state index is 0.0698. The monoisotopic (exact) mass is 236 g/mol. The normalized spacial score (nSPS) is 11.0. The highest BCUT2D eigenvalue weighted by atomic mass is 35.5. The molecule has 0 spiro atoms. The van der Waals surface area contributed by atoms with Gasteiger partial charge in [0.1, 0.15) is 6.61 Å². The molecule has 1 unspecified atom stereocenters. The molecular weight excluding hydrogens is 228 g/mol. The molecule has 0 saturated heterocycles. The van der Waals surface area contributed by atoms with Crippen LogP contribution in [0.3, 0.4) is 0 Å². The fourth-order valence-electron chi connectivity index (χ4n) is 1.06. The zero-order chi connectivity index (χ0) is 12.0. The summed E-state index contributed by atoms with van der Waals surface area (Å²) in [6.45, 7) is 0.0698. The van der Waals surface area contributed by atoms with Crippen LogP contribution >= 0.6 is 11.6 Å². The van der Waals surface area contributed by atoms with Crippen LogP contribution in [0.15, 0.2) is 18.2 Å². The number of hydrogen-bond acceptors (Lipinski definition) is 4. The highest BCUT2D eigenvalue weighted by Gasteiger charge is 2.08. The number of benzene rings is 1. The van der Waals surface area contributed by atoms with Gasteiger partial charge in [0, 0.05) is 6.07 Å². The Labute approximate surface area is 98.6 Å². The van der Waals surface area contributed by atoms with Crippen LogP contribution in [0.2, 0.25) is 0 Å². The van der Waals surface area contributed by atoms with Gasteiger partial charge in [0.2, 0.25) is 0 Å². The molecule has 0 bridgehead atoms. The first-order valence-corrected chi connectivity index (χ1v) is 4.89. The third-order valence-corrected chi connectivity index (χ3v) is 2.04. The summed E-state index contributed by atoms with van der Waals surface area (Å²) in [5.74, 6) is 0.906. The molecule has 0 saturated carbocycles. The van der Waals surface area contributed by atoms with E-state index in [1.165, 1.54) is 7.11 Å². The van der Waals surface area contributed by atoms with Gasteiger partial charge < -0.3 is 9.47 Å². The van der Waals surface area contributed by atoms with E-state index < -0.39 is 5.38 Å².